The van der Waals surface area contributed by atoms with Gasteiger partial charge in [0.25, 0.3) is 9.04 Å². The van der Waals surface area contributed by atoms with Crippen molar-refractivity contribution in [1.82, 2.24) is 0 Å². The van der Waals surface area contributed by atoms with Crippen molar-refractivity contribution in [1.29, 1.82) is 0 Å². The molecular weight excluding hydrogens is 335 g/mol. The Morgan fingerprint density at radius 1 is 1.10 bits per heavy atom. The van der Waals surface area contributed by atoms with E-state index in [1.54, 1.807) is 0 Å². The molecule has 0 heterocycles. The van der Waals surface area contributed by atoms with E-state index < -0.39 is 9.04 Å². The van der Waals surface area contributed by atoms with Gasteiger partial charge in [0.15, 0.2) is 11.6 Å². The maximum atomic E-state index is 13.8. The van der Waals surface area contributed by atoms with Crippen LogP contribution in [0.3, 0.4) is 0 Å². The summed E-state index contributed by atoms with van der Waals surface area (Å²) in [5.41, 5.74) is 1.15. The highest BCUT2D eigenvalue weighted by atomic mass is 79.9. The van der Waals surface area contributed by atoms with E-state index in [9.17, 15) is 4.39 Å². The minimum absolute atomic E-state index is 0.269. The largest absolute Gasteiger partial charge is 0.540 e. The second-order valence-corrected chi connectivity index (χ2v) is 8.19. The summed E-state index contributed by atoms with van der Waals surface area (Å²) < 4.78 is 20.2. The highest BCUT2D eigenvalue weighted by Gasteiger charge is 2.14. The first-order valence-electron chi connectivity index (χ1n) is 7.51. The zero-order valence-electron chi connectivity index (χ0n) is 12.8. The summed E-state index contributed by atoms with van der Waals surface area (Å²) in [6.45, 7) is 6.25. The van der Waals surface area contributed by atoms with Crippen molar-refractivity contribution in [3.05, 3.63) is 28.0 Å². The lowest BCUT2D eigenvalue weighted by atomic mass is 10.0. The Kier molecular flexibility index (Phi) is 8.46. The second kappa shape index (κ2) is 9.56. The Morgan fingerprint density at radius 2 is 1.75 bits per heavy atom. The summed E-state index contributed by atoms with van der Waals surface area (Å²) >= 11 is 3.51. The topological polar surface area (TPSA) is 9.23 Å². The fourth-order valence-corrected chi connectivity index (χ4v) is 3.52. The first-order chi connectivity index (χ1) is 9.56. The van der Waals surface area contributed by atoms with E-state index in [1.165, 1.54) is 38.2 Å². The summed E-state index contributed by atoms with van der Waals surface area (Å²) in [7, 11) is -0.952. The van der Waals surface area contributed by atoms with Gasteiger partial charge in [-0.3, -0.25) is 0 Å². The maximum Gasteiger partial charge on any atom is 0.274 e. The van der Waals surface area contributed by atoms with Gasteiger partial charge in [-0.15, -0.1) is 0 Å². The molecule has 1 aromatic rings. The fraction of sp³-hybridized carbons (Fsp3) is 0.625. The summed E-state index contributed by atoms with van der Waals surface area (Å²) in [6, 6.07) is 3.40. The zero-order chi connectivity index (χ0) is 15.0. The van der Waals surface area contributed by atoms with Gasteiger partial charge >= 0.3 is 0 Å². The highest BCUT2D eigenvalue weighted by Crippen LogP contribution is 2.33. The summed E-state index contributed by atoms with van der Waals surface area (Å²) in [5, 5.41) is 0. The van der Waals surface area contributed by atoms with Gasteiger partial charge in [-0.1, -0.05) is 45.1 Å². The lowest BCUT2D eigenvalue weighted by Gasteiger charge is -2.14. The first kappa shape index (κ1) is 17.7. The van der Waals surface area contributed by atoms with E-state index in [1.807, 2.05) is 19.2 Å². The number of rotatable bonds is 9. The van der Waals surface area contributed by atoms with E-state index in [2.05, 4.69) is 22.9 Å². The number of hydrogen-bond acceptors (Lipinski definition) is 1. The minimum atomic E-state index is -0.952. The van der Waals surface area contributed by atoms with Gasteiger partial charge in [0, 0.05) is 0 Å². The van der Waals surface area contributed by atoms with Crippen molar-refractivity contribution in [3.8, 4) is 5.75 Å². The molecule has 0 aliphatic carbocycles. The molecule has 1 radical (unpaired) electrons. The van der Waals surface area contributed by atoms with Crippen molar-refractivity contribution >= 4 is 25.0 Å². The second-order valence-electron chi connectivity index (χ2n) is 5.38. The average Bonchev–Trinajstić information content (AvgIpc) is 2.40. The van der Waals surface area contributed by atoms with E-state index in [0.717, 1.165) is 22.9 Å². The lowest BCUT2D eigenvalue weighted by molar-refractivity contribution is 0.504. The van der Waals surface area contributed by atoms with Crippen LogP contribution in [-0.4, -0.2) is 9.04 Å². The Morgan fingerprint density at radius 3 is 2.40 bits per heavy atom. The molecule has 4 heteroatoms. The number of hydrogen-bond donors (Lipinski definition) is 0. The molecule has 0 aliphatic rings. The quantitative estimate of drug-likeness (QED) is 0.381. The van der Waals surface area contributed by atoms with Gasteiger partial charge in [0.1, 0.15) is 0 Å². The number of benzene rings is 1. The third kappa shape index (κ3) is 5.96. The Bertz CT molecular complexity index is 410. The van der Waals surface area contributed by atoms with E-state index in [4.69, 9.17) is 4.43 Å². The monoisotopic (exact) mass is 359 g/mol. The van der Waals surface area contributed by atoms with Crippen LogP contribution >= 0.6 is 15.9 Å². The van der Waals surface area contributed by atoms with E-state index in [0.29, 0.717) is 5.75 Å². The van der Waals surface area contributed by atoms with Crippen LogP contribution in [-0.2, 0) is 6.42 Å². The smallest absolute Gasteiger partial charge is 0.274 e. The van der Waals surface area contributed by atoms with Crippen LogP contribution in [0.2, 0.25) is 13.1 Å². The molecule has 0 N–H and O–H groups in total. The predicted molar refractivity (Wildman–Crippen MR) is 89.3 cm³/mol. The Hall–Kier alpha value is -0.353. The van der Waals surface area contributed by atoms with E-state index in [-0.39, 0.29) is 5.82 Å². The number of unbranched alkanes of at least 4 members (excludes halogenated alkanes) is 5. The molecule has 0 amide bonds. The molecule has 1 aromatic carbocycles. The standard InChI is InChI=1S/C16H25BrFOSi/c1-4-5-6-7-8-9-10-13-11-12-14(18)16(15(13)17)19-20(2)3/h11-12H,4-10H2,1-3H3. The number of aryl methyl sites for hydroxylation is 1. The van der Waals surface area contributed by atoms with Crippen molar-refractivity contribution in [3.63, 3.8) is 0 Å². The van der Waals surface area contributed by atoms with Crippen molar-refractivity contribution in [2.45, 2.75) is 65.0 Å². The molecule has 0 unspecified atom stereocenters. The molecule has 0 aromatic heterocycles. The Balaban J connectivity index is 2.53. The molecule has 0 spiro atoms. The predicted octanol–water partition coefficient (Wildman–Crippen LogP) is 6.12. The maximum absolute atomic E-state index is 13.8. The first-order valence-corrected chi connectivity index (χ1v) is 10.7. The normalized spacial score (nSPS) is 11.1. The lowest BCUT2D eigenvalue weighted by Crippen LogP contribution is -2.13. The molecule has 0 aliphatic heterocycles. The molecule has 1 nitrogen and oxygen atoms in total. The summed E-state index contributed by atoms with van der Waals surface area (Å²) in [6.07, 6.45) is 8.62. The molecule has 20 heavy (non-hydrogen) atoms. The van der Waals surface area contributed by atoms with Gasteiger partial charge in [0.2, 0.25) is 0 Å². The molecule has 0 atom stereocenters. The fourth-order valence-electron chi connectivity index (χ4n) is 2.16. The van der Waals surface area contributed by atoms with Crippen molar-refractivity contribution in [2.24, 2.45) is 0 Å². The van der Waals surface area contributed by atoms with Crippen LogP contribution in [0.5, 0.6) is 5.75 Å². The van der Waals surface area contributed by atoms with Gasteiger partial charge in [-0.25, -0.2) is 4.39 Å². The molecule has 0 saturated carbocycles. The third-order valence-corrected chi connectivity index (χ3v) is 4.72. The van der Waals surface area contributed by atoms with Crippen LogP contribution in [0.4, 0.5) is 4.39 Å². The van der Waals surface area contributed by atoms with Crippen molar-refractivity contribution in [2.75, 3.05) is 0 Å². The van der Waals surface area contributed by atoms with Gasteiger partial charge in [0.05, 0.1) is 4.47 Å². The minimum Gasteiger partial charge on any atom is -0.540 e. The highest BCUT2D eigenvalue weighted by molar-refractivity contribution is 9.10. The molecule has 0 bridgehead atoms. The van der Waals surface area contributed by atoms with Crippen LogP contribution in [0.25, 0.3) is 0 Å². The molecule has 0 saturated heterocycles. The number of halogens is 2. The SMILES string of the molecule is CCCCCCCCc1ccc(F)c(O[Si](C)C)c1Br. The van der Waals surface area contributed by atoms with Crippen LogP contribution in [0.15, 0.2) is 16.6 Å². The van der Waals surface area contributed by atoms with Gasteiger partial charge in [-0.2, -0.15) is 0 Å². The van der Waals surface area contributed by atoms with Crippen LogP contribution in [0, 0.1) is 5.82 Å². The van der Waals surface area contributed by atoms with E-state index >= 15 is 0 Å². The van der Waals surface area contributed by atoms with Crippen molar-refractivity contribution < 1.29 is 8.82 Å². The third-order valence-electron chi connectivity index (χ3n) is 3.23. The molecule has 113 valence electrons. The Labute approximate surface area is 132 Å². The van der Waals surface area contributed by atoms with Gasteiger partial charge in [-0.05, 0) is 53.5 Å². The molecule has 0 fully saturated rings. The van der Waals surface area contributed by atoms with Crippen LogP contribution in [0.1, 0.15) is 51.0 Å². The molecular formula is C16H25BrFOSi. The molecule has 1 rings (SSSR count). The van der Waals surface area contributed by atoms with Crippen LogP contribution < -0.4 is 4.43 Å². The summed E-state index contributed by atoms with van der Waals surface area (Å²) in [5.74, 6) is 0.127. The zero-order valence-corrected chi connectivity index (χ0v) is 15.4. The average molecular weight is 360 g/mol. The van der Waals surface area contributed by atoms with Gasteiger partial charge < -0.3 is 4.43 Å². The summed E-state index contributed by atoms with van der Waals surface area (Å²) in [4.78, 5) is 0.